The predicted molar refractivity (Wildman–Crippen MR) is 113 cm³/mol. The van der Waals surface area contributed by atoms with Crippen LogP contribution in [0.2, 0.25) is 5.02 Å². The Hall–Kier alpha value is -1.89. The van der Waals surface area contributed by atoms with E-state index in [4.69, 9.17) is 16.3 Å². The molecule has 0 aliphatic carbocycles. The summed E-state index contributed by atoms with van der Waals surface area (Å²) >= 11 is 6.09. The van der Waals surface area contributed by atoms with E-state index >= 15 is 0 Å². The highest BCUT2D eigenvalue weighted by Gasteiger charge is 2.44. The number of carbonyl (C=O) groups excluding carboxylic acids is 1. The summed E-state index contributed by atoms with van der Waals surface area (Å²) in [7, 11) is 0. The summed E-state index contributed by atoms with van der Waals surface area (Å²) in [4.78, 5) is 18.1. The van der Waals surface area contributed by atoms with Gasteiger partial charge in [-0.05, 0) is 37.5 Å². The van der Waals surface area contributed by atoms with E-state index < -0.39 is 5.41 Å². The maximum absolute atomic E-state index is 13.7. The van der Waals surface area contributed by atoms with Gasteiger partial charge in [-0.1, -0.05) is 23.7 Å². The first kappa shape index (κ1) is 20.4. The lowest BCUT2D eigenvalue weighted by atomic mass is 9.73. The number of benzene rings is 1. The van der Waals surface area contributed by atoms with Crippen molar-refractivity contribution in [2.75, 3.05) is 39.4 Å². The number of ether oxygens (including phenoxy) is 1. The highest BCUT2D eigenvalue weighted by atomic mass is 35.5. The van der Waals surface area contributed by atoms with Gasteiger partial charge in [0.05, 0.1) is 11.6 Å². The molecule has 29 heavy (non-hydrogen) atoms. The lowest BCUT2D eigenvalue weighted by molar-refractivity contribution is -0.143. The smallest absolute Gasteiger partial charge is 0.233 e. The molecule has 2 aliphatic rings. The van der Waals surface area contributed by atoms with E-state index in [2.05, 4.69) is 23.1 Å². The van der Waals surface area contributed by atoms with Gasteiger partial charge in [0.2, 0.25) is 5.91 Å². The van der Waals surface area contributed by atoms with Gasteiger partial charge in [-0.15, -0.1) is 0 Å². The number of carbonyl (C=O) groups is 1. The van der Waals surface area contributed by atoms with E-state index in [9.17, 15) is 4.79 Å². The van der Waals surface area contributed by atoms with E-state index in [1.54, 1.807) is 0 Å². The normalized spacial score (nSPS) is 20.0. The third-order valence-electron chi connectivity index (χ3n) is 6.23. The summed E-state index contributed by atoms with van der Waals surface area (Å²) in [5, 5.41) is 5.06. The molecule has 2 aliphatic heterocycles. The Morgan fingerprint density at radius 3 is 2.45 bits per heavy atom. The number of piperazine rings is 1. The number of amides is 1. The number of aryl methyl sites for hydroxylation is 1. The molecule has 0 N–H and O–H groups in total. The molecule has 1 aromatic heterocycles. The molecule has 1 amide bonds. The minimum atomic E-state index is -0.493. The van der Waals surface area contributed by atoms with Gasteiger partial charge in [-0.25, -0.2) is 0 Å². The molecule has 7 heteroatoms. The largest absolute Gasteiger partial charge is 0.381 e. The molecule has 6 nitrogen and oxygen atoms in total. The number of aromatic nitrogens is 2. The van der Waals surface area contributed by atoms with E-state index in [-0.39, 0.29) is 5.91 Å². The molecule has 2 saturated heterocycles. The number of hydrogen-bond donors (Lipinski definition) is 0. The van der Waals surface area contributed by atoms with Gasteiger partial charge in [0.1, 0.15) is 0 Å². The van der Waals surface area contributed by atoms with Crippen molar-refractivity contribution in [1.82, 2.24) is 19.6 Å². The molecular weight excluding hydrogens is 388 g/mol. The average molecular weight is 417 g/mol. The molecule has 2 aromatic rings. The summed E-state index contributed by atoms with van der Waals surface area (Å²) in [6, 6.07) is 7.78. The molecule has 0 atom stereocenters. The topological polar surface area (TPSA) is 50.6 Å². The minimum Gasteiger partial charge on any atom is -0.381 e. The molecule has 0 unspecified atom stereocenters. The molecule has 3 heterocycles. The van der Waals surface area contributed by atoms with Crippen molar-refractivity contribution in [3.05, 3.63) is 52.8 Å². The van der Waals surface area contributed by atoms with Gasteiger partial charge in [-0.3, -0.25) is 14.4 Å². The highest BCUT2D eigenvalue weighted by molar-refractivity contribution is 6.30. The van der Waals surface area contributed by atoms with Crippen LogP contribution in [0, 0.1) is 0 Å². The summed E-state index contributed by atoms with van der Waals surface area (Å²) < 4.78 is 7.54. The van der Waals surface area contributed by atoms with Crippen LogP contribution in [0.1, 0.15) is 30.9 Å². The van der Waals surface area contributed by atoms with Crippen molar-refractivity contribution in [3.8, 4) is 0 Å². The average Bonchev–Trinajstić information content (AvgIpc) is 3.22. The first-order valence-corrected chi connectivity index (χ1v) is 10.9. The van der Waals surface area contributed by atoms with E-state index in [0.717, 1.165) is 57.7 Å². The Morgan fingerprint density at radius 2 is 1.83 bits per heavy atom. The first-order valence-electron chi connectivity index (χ1n) is 10.5. The molecule has 0 radical (unpaired) electrons. The fraction of sp³-hybridized carbons (Fsp3) is 0.545. The van der Waals surface area contributed by atoms with Crippen molar-refractivity contribution in [1.29, 1.82) is 0 Å². The van der Waals surface area contributed by atoms with Crippen molar-refractivity contribution in [2.45, 2.75) is 38.3 Å². The fourth-order valence-electron chi connectivity index (χ4n) is 4.45. The standard InChI is InChI=1S/C22H29ClN4O2/c1-2-27-17-18(15-24-27)16-25-9-11-26(12-10-25)21(28)22(7-13-29-14-8-22)19-3-5-20(23)6-4-19/h3-6,15,17H,2,7-14,16H2,1H3. The third kappa shape index (κ3) is 4.34. The van der Waals surface area contributed by atoms with Crippen LogP contribution in [0.15, 0.2) is 36.7 Å². The second-order valence-corrected chi connectivity index (χ2v) is 8.41. The first-order chi connectivity index (χ1) is 14.1. The Morgan fingerprint density at radius 1 is 1.14 bits per heavy atom. The molecule has 0 saturated carbocycles. The highest BCUT2D eigenvalue weighted by Crippen LogP contribution is 2.37. The molecule has 0 spiro atoms. The van der Waals surface area contributed by atoms with Crippen LogP contribution >= 0.6 is 11.6 Å². The van der Waals surface area contributed by atoms with Crippen LogP contribution in [0.3, 0.4) is 0 Å². The monoisotopic (exact) mass is 416 g/mol. The zero-order valence-corrected chi connectivity index (χ0v) is 17.8. The summed E-state index contributed by atoms with van der Waals surface area (Å²) in [6.07, 6.45) is 5.50. The predicted octanol–water partition coefficient (Wildman–Crippen LogP) is 2.95. The maximum atomic E-state index is 13.7. The zero-order valence-electron chi connectivity index (χ0n) is 17.0. The van der Waals surface area contributed by atoms with Crippen molar-refractivity contribution in [2.24, 2.45) is 0 Å². The Labute approximate surface area is 177 Å². The van der Waals surface area contributed by atoms with Crippen LogP contribution in [0.5, 0.6) is 0 Å². The quantitative estimate of drug-likeness (QED) is 0.752. The molecule has 2 fully saturated rings. The van der Waals surface area contributed by atoms with E-state index in [1.807, 2.05) is 40.0 Å². The summed E-state index contributed by atoms with van der Waals surface area (Å²) in [5.41, 5.74) is 1.80. The van der Waals surface area contributed by atoms with Crippen LogP contribution in [-0.2, 0) is 28.0 Å². The van der Waals surface area contributed by atoms with Gasteiger partial charge in [0.15, 0.2) is 0 Å². The minimum absolute atomic E-state index is 0.238. The Kier molecular flexibility index (Phi) is 6.23. The molecular formula is C22H29ClN4O2. The van der Waals surface area contributed by atoms with Gasteiger partial charge in [0, 0.05) is 69.3 Å². The lowest BCUT2D eigenvalue weighted by Gasteiger charge is -2.43. The van der Waals surface area contributed by atoms with Crippen molar-refractivity contribution in [3.63, 3.8) is 0 Å². The van der Waals surface area contributed by atoms with Gasteiger partial charge in [0.25, 0.3) is 0 Å². The van der Waals surface area contributed by atoms with Crippen LogP contribution in [0.25, 0.3) is 0 Å². The molecule has 4 rings (SSSR count). The van der Waals surface area contributed by atoms with Gasteiger partial charge in [-0.2, -0.15) is 5.10 Å². The van der Waals surface area contributed by atoms with Crippen LogP contribution < -0.4 is 0 Å². The lowest BCUT2D eigenvalue weighted by Crippen LogP contribution is -2.55. The van der Waals surface area contributed by atoms with E-state index in [0.29, 0.717) is 18.2 Å². The summed E-state index contributed by atoms with van der Waals surface area (Å²) in [5.74, 6) is 0.238. The molecule has 1 aromatic carbocycles. The Balaban J connectivity index is 1.43. The van der Waals surface area contributed by atoms with Crippen LogP contribution in [0.4, 0.5) is 0 Å². The number of hydrogen-bond acceptors (Lipinski definition) is 4. The number of nitrogens with zero attached hydrogens (tertiary/aromatic N) is 4. The fourth-order valence-corrected chi connectivity index (χ4v) is 4.57. The second-order valence-electron chi connectivity index (χ2n) is 7.97. The SMILES string of the molecule is CCn1cc(CN2CCN(C(=O)C3(c4ccc(Cl)cc4)CCOCC3)CC2)cn1. The second kappa shape index (κ2) is 8.86. The van der Waals surface area contributed by atoms with Crippen molar-refractivity contribution < 1.29 is 9.53 Å². The van der Waals surface area contributed by atoms with Crippen molar-refractivity contribution >= 4 is 17.5 Å². The van der Waals surface area contributed by atoms with Crippen LogP contribution in [-0.4, -0.2) is 64.9 Å². The summed E-state index contributed by atoms with van der Waals surface area (Å²) in [6.45, 7) is 8.40. The van der Waals surface area contributed by atoms with E-state index in [1.165, 1.54) is 5.56 Å². The number of rotatable bonds is 5. The van der Waals surface area contributed by atoms with Gasteiger partial charge < -0.3 is 9.64 Å². The third-order valence-corrected chi connectivity index (χ3v) is 6.48. The number of halogens is 1. The maximum Gasteiger partial charge on any atom is 0.233 e. The van der Waals surface area contributed by atoms with Gasteiger partial charge >= 0.3 is 0 Å². The Bertz CT molecular complexity index is 822. The zero-order chi connectivity index (χ0) is 20.3. The molecule has 156 valence electrons. The molecule has 0 bridgehead atoms.